The summed E-state index contributed by atoms with van der Waals surface area (Å²) in [4.78, 5) is 4.57. The summed E-state index contributed by atoms with van der Waals surface area (Å²) in [6.07, 6.45) is 2.54. The largest absolute Gasteiger partial charge is 0.354 e. The Kier molecular flexibility index (Phi) is 5.62. The summed E-state index contributed by atoms with van der Waals surface area (Å²) >= 11 is 0. The van der Waals surface area contributed by atoms with Gasteiger partial charge in [0.25, 0.3) is 0 Å². The predicted molar refractivity (Wildman–Crippen MR) is 105 cm³/mol. The molecule has 0 aliphatic rings. The van der Waals surface area contributed by atoms with E-state index in [1.54, 1.807) is 34.9 Å². The zero-order chi connectivity index (χ0) is 20.5. The van der Waals surface area contributed by atoms with Gasteiger partial charge in [0.2, 0.25) is 0 Å². The standard InChI is InChI=1S/C20H21F2N3O2S/c1-13-19(14-4-3-5-17(10-14)28(2,26)27)20-18(7-6-16(11-21)24-20)25(13)12-15(22)8-9-23/h3-8,10H,9,11-12,23H2,1-2H3/p+1. The second kappa shape index (κ2) is 7.81. The number of rotatable bonds is 6. The van der Waals surface area contributed by atoms with E-state index in [9.17, 15) is 17.2 Å². The van der Waals surface area contributed by atoms with Crippen LogP contribution in [0.5, 0.6) is 0 Å². The van der Waals surface area contributed by atoms with Crippen molar-refractivity contribution < 1.29 is 22.9 Å². The van der Waals surface area contributed by atoms with E-state index in [0.29, 0.717) is 28.7 Å². The number of fused-ring (bicyclic) bond motifs is 1. The summed E-state index contributed by atoms with van der Waals surface area (Å²) in [7, 11) is -3.40. The molecule has 5 nitrogen and oxygen atoms in total. The van der Waals surface area contributed by atoms with Gasteiger partial charge < -0.3 is 10.3 Å². The van der Waals surface area contributed by atoms with Crippen molar-refractivity contribution in [2.75, 3.05) is 12.8 Å². The molecule has 28 heavy (non-hydrogen) atoms. The van der Waals surface area contributed by atoms with E-state index in [4.69, 9.17) is 0 Å². The third-order valence-electron chi connectivity index (χ3n) is 4.59. The number of aromatic nitrogens is 2. The van der Waals surface area contributed by atoms with Gasteiger partial charge in [0.15, 0.2) is 9.84 Å². The zero-order valence-electron chi connectivity index (χ0n) is 15.7. The Balaban J connectivity index is 2.30. The molecule has 3 aromatic rings. The number of benzene rings is 1. The minimum absolute atomic E-state index is 0.000270. The Morgan fingerprint density at radius 2 is 2.04 bits per heavy atom. The van der Waals surface area contributed by atoms with Crippen LogP contribution in [0.3, 0.4) is 0 Å². The first-order chi connectivity index (χ1) is 13.3. The first-order valence-corrected chi connectivity index (χ1v) is 10.6. The summed E-state index contributed by atoms with van der Waals surface area (Å²) < 4.78 is 53.1. The van der Waals surface area contributed by atoms with Crippen LogP contribution in [0.4, 0.5) is 8.78 Å². The number of pyridine rings is 1. The van der Waals surface area contributed by atoms with E-state index in [1.165, 1.54) is 12.1 Å². The molecule has 0 aliphatic carbocycles. The Labute approximate surface area is 162 Å². The van der Waals surface area contributed by atoms with E-state index in [0.717, 1.165) is 11.9 Å². The highest BCUT2D eigenvalue weighted by Gasteiger charge is 2.19. The van der Waals surface area contributed by atoms with Crippen molar-refractivity contribution in [1.29, 1.82) is 0 Å². The Morgan fingerprint density at radius 3 is 2.68 bits per heavy atom. The van der Waals surface area contributed by atoms with Gasteiger partial charge >= 0.3 is 0 Å². The normalized spacial score (nSPS) is 12.7. The lowest BCUT2D eigenvalue weighted by atomic mass is 10.1. The van der Waals surface area contributed by atoms with Gasteiger partial charge in [-0.3, -0.25) is 0 Å². The summed E-state index contributed by atoms with van der Waals surface area (Å²) in [5.41, 5.74) is 7.07. The summed E-state index contributed by atoms with van der Waals surface area (Å²) in [5.74, 6) is -0.332. The molecular formula is C20H22F2N3O2S+. The molecule has 0 spiro atoms. The van der Waals surface area contributed by atoms with Gasteiger partial charge in [-0.1, -0.05) is 12.1 Å². The van der Waals surface area contributed by atoms with Crippen LogP contribution >= 0.6 is 0 Å². The minimum Gasteiger partial charge on any atom is -0.354 e. The van der Waals surface area contributed by atoms with Crippen LogP contribution in [0.1, 0.15) is 11.4 Å². The number of nitrogens with zero attached hydrogens (tertiary/aromatic N) is 2. The van der Waals surface area contributed by atoms with Gasteiger partial charge in [-0.05, 0) is 36.8 Å². The first-order valence-electron chi connectivity index (χ1n) is 8.75. The van der Waals surface area contributed by atoms with Crippen LogP contribution in [-0.2, 0) is 23.1 Å². The molecule has 0 fully saturated rings. The number of sulfone groups is 1. The van der Waals surface area contributed by atoms with Crippen LogP contribution in [0.25, 0.3) is 22.2 Å². The Bertz CT molecular complexity index is 1170. The molecule has 3 rings (SSSR count). The van der Waals surface area contributed by atoms with Gasteiger partial charge in [0, 0.05) is 23.6 Å². The highest BCUT2D eigenvalue weighted by Crippen LogP contribution is 2.35. The second-order valence-corrected chi connectivity index (χ2v) is 8.61. The lowest BCUT2D eigenvalue weighted by molar-refractivity contribution is -0.353. The van der Waals surface area contributed by atoms with Gasteiger partial charge in [-0.25, -0.2) is 22.2 Å². The van der Waals surface area contributed by atoms with Crippen LogP contribution in [0, 0.1) is 6.92 Å². The van der Waals surface area contributed by atoms with Gasteiger partial charge in [0.1, 0.15) is 12.5 Å². The Hall–Kier alpha value is -2.58. The lowest BCUT2D eigenvalue weighted by Gasteiger charge is -2.08. The number of quaternary nitrogens is 1. The molecule has 2 heterocycles. The topological polar surface area (TPSA) is 79.6 Å². The number of allylic oxidation sites excluding steroid dienone is 1. The molecule has 0 saturated carbocycles. The van der Waals surface area contributed by atoms with Crippen LogP contribution in [-0.4, -0.2) is 30.8 Å². The quantitative estimate of drug-likeness (QED) is 0.683. The molecule has 3 N–H and O–H groups in total. The zero-order valence-corrected chi connectivity index (χ0v) is 16.6. The van der Waals surface area contributed by atoms with Crippen LogP contribution in [0.2, 0.25) is 0 Å². The van der Waals surface area contributed by atoms with Crippen molar-refractivity contribution in [2.45, 2.75) is 25.0 Å². The third kappa shape index (κ3) is 3.83. The number of hydrogen-bond donors (Lipinski definition) is 1. The average molecular weight is 406 g/mol. The second-order valence-electron chi connectivity index (χ2n) is 6.59. The fourth-order valence-electron chi connectivity index (χ4n) is 3.26. The van der Waals surface area contributed by atoms with E-state index in [2.05, 4.69) is 10.7 Å². The van der Waals surface area contributed by atoms with E-state index >= 15 is 0 Å². The van der Waals surface area contributed by atoms with Crippen LogP contribution in [0.15, 0.2) is 53.2 Å². The van der Waals surface area contributed by atoms with E-state index in [-0.39, 0.29) is 23.0 Å². The fraction of sp³-hybridized carbons (Fsp3) is 0.250. The molecule has 0 atom stereocenters. The molecule has 148 valence electrons. The van der Waals surface area contributed by atoms with Crippen molar-refractivity contribution >= 4 is 20.9 Å². The highest BCUT2D eigenvalue weighted by molar-refractivity contribution is 7.90. The smallest absolute Gasteiger partial charge is 0.175 e. The molecule has 8 heteroatoms. The third-order valence-corrected chi connectivity index (χ3v) is 5.70. The maximum atomic E-state index is 14.2. The van der Waals surface area contributed by atoms with Crippen molar-refractivity contribution in [2.24, 2.45) is 0 Å². The predicted octanol–water partition coefficient (Wildman–Crippen LogP) is 2.98. The van der Waals surface area contributed by atoms with Gasteiger partial charge in [0.05, 0.1) is 34.7 Å². The Morgan fingerprint density at radius 1 is 1.29 bits per heavy atom. The summed E-state index contributed by atoms with van der Waals surface area (Å²) in [6.45, 7) is 1.42. The fourth-order valence-corrected chi connectivity index (χ4v) is 3.93. The molecule has 2 aromatic heterocycles. The number of hydrogen-bond acceptors (Lipinski definition) is 3. The lowest BCUT2D eigenvalue weighted by Crippen LogP contribution is -2.49. The molecule has 0 bridgehead atoms. The van der Waals surface area contributed by atoms with Crippen molar-refractivity contribution in [3.8, 4) is 11.1 Å². The summed E-state index contributed by atoms with van der Waals surface area (Å²) in [5, 5.41) is 0. The number of alkyl halides is 1. The van der Waals surface area contributed by atoms with Crippen molar-refractivity contribution in [1.82, 2.24) is 9.55 Å². The van der Waals surface area contributed by atoms with Crippen LogP contribution < -0.4 is 5.73 Å². The van der Waals surface area contributed by atoms with E-state index in [1.807, 2.05) is 6.92 Å². The monoisotopic (exact) mass is 406 g/mol. The first kappa shape index (κ1) is 20.2. The average Bonchev–Trinajstić information content (AvgIpc) is 2.92. The highest BCUT2D eigenvalue weighted by atomic mass is 32.2. The van der Waals surface area contributed by atoms with Gasteiger partial charge in [-0.2, -0.15) is 0 Å². The van der Waals surface area contributed by atoms with E-state index < -0.39 is 16.5 Å². The van der Waals surface area contributed by atoms with Gasteiger partial charge in [-0.15, -0.1) is 0 Å². The molecule has 0 unspecified atom stereocenters. The SMILES string of the molecule is Cc1c(-c2cccc(S(C)(=O)=O)c2)c2nc(CF)ccc2n1CC(F)=CC[NH3+]. The molecule has 1 aromatic carbocycles. The molecule has 0 aliphatic heterocycles. The maximum Gasteiger partial charge on any atom is 0.175 e. The van der Waals surface area contributed by atoms with Crippen molar-refractivity contribution in [3.63, 3.8) is 0 Å². The minimum atomic E-state index is -3.40. The van der Waals surface area contributed by atoms with Crippen molar-refractivity contribution in [3.05, 3.63) is 59.7 Å². The number of halogens is 2. The molecule has 0 amide bonds. The molecular weight excluding hydrogens is 384 g/mol. The maximum absolute atomic E-state index is 14.2. The molecule has 0 saturated heterocycles. The molecule has 0 radical (unpaired) electrons. The summed E-state index contributed by atoms with van der Waals surface area (Å²) in [6, 6.07) is 9.78.